The largest absolute Gasteiger partial charge is 0.486 e. The standard InChI is InChI=1S/C22H26N2O3S/c1-17(28-19-7-8-20-21(15-19)27-14-13-26-20)22(25)24-11-9-23(10-12-24)16-18-5-3-2-4-6-18/h2-8,15,17H,9-14,16H2,1H3. The second-order valence-electron chi connectivity index (χ2n) is 7.15. The average Bonchev–Trinajstić information content (AvgIpc) is 2.74. The van der Waals surface area contributed by atoms with Crippen molar-refractivity contribution in [2.75, 3.05) is 39.4 Å². The number of thioether (sulfide) groups is 1. The third-order valence-corrected chi connectivity index (χ3v) is 6.19. The van der Waals surface area contributed by atoms with Crippen LogP contribution in [0.2, 0.25) is 0 Å². The highest BCUT2D eigenvalue weighted by Crippen LogP contribution is 2.35. The van der Waals surface area contributed by atoms with E-state index in [4.69, 9.17) is 9.47 Å². The molecule has 28 heavy (non-hydrogen) atoms. The summed E-state index contributed by atoms with van der Waals surface area (Å²) in [6, 6.07) is 16.4. The lowest BCUT2D eigenvalue weighted by molar-refractivity contribution is -0.132. The van der Waals surface area contributed by atoms with Gasteiger partial charge in [0.25, 0.3) is 0 Å². The van der Waals surface area contributed by atoms with Crippen LogP contribution in [0.1, 0.15) is 12.5 Å². The number of fused-ring (bicyclic) bond motifs is 1. The molecule has 6 heteroatoms. The highest BCUT2D eigenvalue weighted by atomic mass is 32.2. The zero-order valence-electron chi connectivity index (χ0n) is 16.2. The highest BCUT2D eigenvalue weighted by molar-refractivity contribution is 8.00. The zero-order valence-corrected chi connectivity index (χ0v) is 17.0. The van der Waals surface area contributed by atoms with E-state index >= 15 is 0 Å². The Kier molecular flexibility index (Phi) is 6.07. The molecule has 5 nitrogen and oxygen atoms in total. The van der Waals surface area contributed by atoms with Crippen LogP contribution >= 0.6 is 11.8 Å². The lowest BCUT2D eigenvalue weighted by Crippen LogP contribution is -2.50. The molecule has 0 aliphatic carbocycles. The maximum Gasteiger partial charge on any atom is 0.235 e. The van der Waals surface area contributed by atoms with Gasteiger partial charge in [-0.15, -0.1) is 11.8 Å². The predicted octanol–water partition coefficient (Wildman–Crippen LogP) is 3.28. The number of carbonyl (C=O) groups is 1. The SMILES string of the molecule is CC(Sc1ccc2c(c1)OCCO2)C(=O)N1CCN(Cc2ccccc2)CC1. The summed E-state index contributed by atoms with van der Waals surface area (Å²) in [5, 5.41) is -0.122. The molecule has 0 N–H and O–H groups in total. The molecule has 2 aromatic carbocycles. The summed E-state index contributed by atoms with van der Waals surface area (Å²) in [6.07, 6.45) is 0. The number of benzene rings is 2. The van der Waals surface area contributed by atoms with Gasteiger partial charge in [-0.3, -0.25) is 9.69 Å². The van der Waals surface area contributed by atoms with Crippen molar-refractivity contribution < 1.29 is 14.3 Å². The number of ether oxygens (including phenoxy) is 2. The molecule has 1 saturated heterocycles. The second-order valence-corrected chi connectivity index (χ2v) is 8.57. The van der Waals surface area contributed by atoms with Gasteiger partial charge in [-0.05, 0) is 30.7 Å². The Morgan fingerprint density at radius 3 is 2.46 bits per heavy atom. The van der Waals surface area contributed by atoms with Crippen LogP contribution in [-0.2, 0) is 11.3 Å². The van der Waals surface area contributed by atoms with Crippen molar-refractivity contribution in [1.82, 2.24) is 9.80 Å². The van der Waals surface area contributed by atoms with Gasteiger partial charge < -0.3 is 14.4 Å². The zero-order chi connectivity index (χ0) is 19.3. The van der Waals surface area contributed by atoms with Crippen LogP contribution in [-0.4, -0.2) is 60.3 Å². The van der Waals surface area contributed by atoms with Crippen LogP contribution in [0.4, 0.5) is 0 Å². The molecule has 2 aliphatic rings. The van der Waals surface area contributed by atoms with Gasteiger partial charge in [0.15, 0.2) is 11.5 Å². The van der Waals surface area contributed by atoms with E-state index in [1.54, 1.807) is 11.8 Å². The molecule has 2 aromatic rings. The molecule has 2 aliphatic heterocycles. The number of rotatable bonds is 5. The van der Waals surface area contributed by atoms with E-state index in [2.05, 4.69) is 29.2 Å². The average molecular weight is 399 g/mol. The summed E-state index contributed by atoms with van der Waals surface area (Å²) < 4.78 is 11.2. The minimum absolute atomic E-state index is 0.122. The molecular formula is C22H26N2O3S. The van der Waals surface area contributed by atoms with Crippen LogP contribution in [0.15, 0.2) is 53.4 Å². The molecule has 0 spiro atoms. The highest BCUT2D eigenvalue weighted by Gasteiger charge is 2.26. The molecule has 0 aromatic heterocycles. The van der Waals surface area contributed by atoms with Crippen LogP contribution in [0.25, 0.3) is 0 Å². The molecule has 1 atom stereocenters. The fourth-order valence-corrected chi connectivity index (χ4v) is 4.56. The lowest BCUT2D eigenvalue weighted by Gasteiger charge is -2.36. The normalized spacial score (nSPS) is 18.0. The van der Waals surface area contributed by atoms with Crippen molar-refractivity contribution >= 4 is 17.7 Å². The number of carbonyl (C=O) groups excluding carboxylic acids is 1. The molecule has 148 valence electrons. The van der Waals surface area contributed by atoms with Crippen molar-refractivity contribution in [3.8, 4) is 11.5 Å². The van der Waals surface area contributed by atoms with E-state index in [1.807, 2.05) is 36.1 Å². The van der Waals surface area contributed by atoms with Gasteiger partial charge in [0.05, 0.1) is 5.25 Å². The lowest BCUT2D eigenvalue weighted by atomic mass is 10.2. The van der Waals surface area contributed by atoms with Crippen LogP contribution in [0, 0.1) is 0 Å². The maximum atomic E-state index is 12.9. The van der Waals surface area contributed by atoms with E-state index in [0.717, 1.165) is 49.1 Å². The molecule has 0 radical (unpaired) electrons. The quantitative estimate of drug-likeness (QED) is 0.723. The summed E-state index contributed by atoms with van der Waals surface area (Å²) >= 11 is 1.58. The smallest absolute Gasteiger partial charge is 0.235 e. The molecule has 4 rings (SSSR count). The molecule has 0 bridgehead atoms. The van der Waals surface area contributed by atoms with Gasteiger partial charge in [0.2, 0.25) is 5.91 Å². The topological polar surface area (TPSA) is 42.0 Å². The van der Waals surface area contributed by atoms with Crippen LogP contribution < -0.4 is 9.47 Å². The molecule has 2 heterocycles. The maximum absolute atomic E-state index is 12.9. The van der Waals surface area contributed by atoms with E-state index in [0.29, 0.717) is 13.2 Å². The monoisotopic (exact) mass is 398 g/mol. The Labute approximate surface area is 170 Å². The van der Waals surface area contributed by atoms with Crippen molar-refractivity contribution in [1.29, 1.82) is 0 Å². The predicted molar refractivity (Wildman–Crippen MR) is 111 cm³/mol. The Balaban J connectivity index is 1.29. The van der Waals surface area contributed by atoms with E-state index in [-0.39, 0.29) is 11.2 Å². The third-order valence-electron chi connectivity index (χ3n) is 5.11. The number of piperazine rings is 1. The van der Waals surface area contributed by atoms with Gasteiger partial charge in [-0.25, -0.2) is 0 Å². The van der Waals surface area contributed by atoms with E-state index < -0.39 is 0 Å². The number of nitrogens with zero attached hydrogens (tertiary/aromatic N) is 2. The summed E-state index contributed by atoms with van der Waals surface area (Å²) in [4.78, 5) is 18.3. The van der Waals surface area contributed by atoms with Crippen molar-refractivity contribution in [2.24, 2.45) is 0 Å². The van der Waals surface area contributed by atoms with E-state index in [1.165, 1.54) is 5.56 Å². The fourth-order valence-electron chi connectivity index (χ4n) is 3.58. The Morgan fingerprint density at radius 2 is 1.71 bits per heavy atom. The number of hydrogen-bond donors (Lipinski definition) is 0. The Morgan fingerprint density at radius 1 is 1.00 bits per heavy atom. The number of amides is 1. The van der Waals surface area contributed by atoms with Gasteiger partial charge in [-0.1, -0.05) is 30.3 Å². The molecule has 1 amide bonds. The van der Waals surface area contributed by atoms with Crippen molar-refractivity contribution in [3.63, 3.8) is 0 Å². The second kappa shape index (κ2) is 8.88. The fraction of sp³-hybridized carbons (Fsp3) is 0.409. The summed E-state index contributed by atoms with van der Waals surface area (Å²) in [6.45, 7) is 7.51. The molecule has 0 saturated carbocycles. The van der Waals surface area contributed by atoms with Gasteiger partial charge in [0, 0.05) is 37.6 Å². The van der Waals surface area contributed by atoms with E-state index in [9.17, 15) is 4.79 Å². The summed E-state index contributed by atoms with van der Waals surface area (Å²) in [5.74, 6) is 1.76. The van der Waals surface area contributed by atoms with Gasteiger partial charge >= 0.3 is 0 Å². The van der Waals surface area contributed by atoms with Gasteiger partial charge in [0.1, 0.15) is 13.2 Å². The minimum Gasteiger partial charge on any atom is -0.486 e. The molecule has 1 fully saturated rings. The Hall–Kier alpha value is -2.18. The van der Waals surface area contributed by atoms with Crippen molar-refractivity contribution in [2.45, 2.75) is 23.6 Å². The summed E-state index contributed by atoms with van der Waals surface area (Å²) in [5.41, 5.74) is 1.32. The van der Waals surface area contributed by atoms with Crippen LogP contribution in [0.5, 0.6) is 11.5 Å². The van der Waals surface area contributed by atoms with Crippen molar-refractivity contribution in [3.05, 3.63) is 54.1 Å². The Bertz CT molecular complexity index is 807. The first-order chi connectivity index (χ1) is 13.7. The minimum atomic E-state index is -0.122. The first-order valence-electron chi connectivity index (χ1n) is 9.80. The summed E-state index contributed by atoms with van der Waals surface area (Å²) in [7, 11) is 0. The molecule has 1 unspecified atom stereocenters. The first kappa shape index (κ1) is 19.2. The van der Waals surface area contributed by atoms with Crippen LogP contribution in [0.3, 0.4) is 0 Å². The number of hydrogen-bond acceptors (Lipinski definition) is 5. The third kappa shape index (κ3) is 4.62. The molecular weight excluding hydrogens is 372 g/mol. The van der Waals surface area contributed by atoms with Gasteiger partial charge in [-0.2, -0.15) is 0 Å². The first-order valence-corrected chi connectivity index (χ1v) is 10.7.